The van der Waals surface area contributed by atoms with Gasteiger partial charge in [0.15, 0.2) is 34.6 Å². The zero-order valence-corrected chi connectivity index (χ0v) is 28.3. The molecular weight excluding hydrogens is 683 g/mol. The van der Waals surface area contributed by atoms with Crippen molar-refractivity contribution in [1.82, 2.24) is 15.8 Å². The maximum absolute atomic E-state index is 12.6. The van der Waals surface area contributed by atoms with Crippen molar-refractivity contribution in [3.63, 3.8) is 0 Å². The third-order valence-corrected chi connectivity index (χ3v) is 6.29. The maximum Gasteiger partial charge on any atom is 0.575 e. The van der Waals surface area contributed by atoms with Crippen LogP contribution in [0, 0.1) is 0 Å². The summed E-state index contributed by atoms with van der Waals surface area (Å²) in [4.78, 5) is 73.5. The summed E-state index contributed by atoms with van der Waals surface area (Å²) < 4.78 is 50.8. The number of benzene rings is 1. The average Bonchev–Trinajstić information content (AvgIpc) is 3.02. The highest BCUT2D eigenvalue weighted by Gasteiger charge is 2.38. The number of para-hydroxylation sites is 1. The van der Waals surface area contributed by atoms with Crippen LogP contribution < -0.4 is 21.9 Å². The zero-order valence-electron chi connectivity index (χ0n) is 28.3. The lowest BCUT2D eigenvalue weighted by Crippen LogP contribution is -2.39. The van der Waals surface area contributed by atoms with Gasteiger partial charge in [-0.3, -0.25) is 29.4 Å². The Morgan fingerprint density at radius 2 is 1.55 bits per heavy atom. The van der Waals surface area contributed by atoms with Crippen molar-refractivity contribution < 1.29 is 61.3 Å². The highest BCUT2D eigenvalue weighted by Crippen LogP contribution is 2.29. The Hall–Kier alpha value is -6.01. The number of hydrogen-bond acceptors (Lipinski definition) is 12. The first-order valence-corrected chi connectivity index (χ1v) is 14.8. The van der Waals surface area contributed by atoms with Gasteiger partial charge < -0.3 is 35.3 Å². The first kappa shape index (κ1) is 41.2. The topological polar surface area (TPSA) is 216 Å². The summed E-state index contributed by atoms with van der Waals surface area (Å²) in [6.45, 7) is 4.79. The third-order valence-electron chi connectivity index (χ3n) is 6.29. The second-order valence-electron chi connectivity index (χ2n) is 10.7. The Labute approximate surface area is 289 Å². The zero-order chi connectivity index (χ0) is 38.6. The van der Waals surface area contributed by atoms with Crippen LogP contribution in [-0.2, 0) is 43.0 Å². The minimum Gasteiger partial charge on any atom is -0.504 e. The molecule has 6 N–H and O–H groups in total. The van der Waals surface area contributed by atoms with Crippen molar-refractivity contribution >= 4 is 40.9 Å². The fourth-order valence-corrected chi connectivity index (χ4v) is 4.22. The van der Waals surface area contributed by atoms with E-state index in [-0.39, 0.29) is 23.3 Å². The molecule has 0 aliphatic carbocycles. The molecule has 274 valence electrons. The molecule has 0 radical (unpaired) electrons. The fourth-order valence-electron chi connectivity index (χ4n) is 4.22. The number of halogens is 3. The molecule has 0 spiro atoms. The summed E-state index contributed by atoms with van der Waals surface area (Å²) in [6, 6.07) is 8.83. The number of nitrogens with one attached hydrogen (secondary N) is 3. The predicted octanol–water partition coefficient (Wildman–Crippen LogP) is 2.63. The van der Waals surface area contributed by atoms with Crippen LogP contribution in [0.2, 0.25) is 0 Å². The highest BCUT2D eigenvalue weighted by molar-refractivity contribution is 6.24. The SMILES string of the molecule is CC(=O)/C(C(=O)Nc1ccccc1)=C1\C=C(C)OC(CN(C)C)=C1O.CCC(=O)C1=C/C(=C(\C(=O)NNC)C(=O)OC(F)(F)F)C=C(C(N)=O)O1. The minimum atomic E-state index is -5.37. The van der Waals surface area contributed by atoms with Crippen LogP contribution in [0.3, 0.4) is 0 Å². The molecule has 3 amide bonds. The molecule has 2 heterocycles. The fraction of sp³-hybridized carbons (Fsp3) is 0.273. The number of Topliss-reactive ketones (excluding diaryl/α,β-unsaturated/α-hetero) is 2. The molecule has 0 unspecified atom stereocenters. The van der Waals surface area contributed by atoms with Crippen molar-refractivity contribution in [2.75, 3.05) is 33.0 Å². The van der Waals surface area contributed by atoms with Crippen molar-refractivity contribution in [1.29, 1.82) is 0 Å². The van der Waals surface area contributed by atoms with Gasteiger partial charge in [-0.15, -0.1) is 13.2 Å². The number of hydrogen-bond donors (Lipinski definition) is 5. The molecule has 51 heavy (non-hydrogen) atoms. The van der Waals surface area contributed by atoms with E-state index in [2.05, 4.69) is 15.5 Å². The number of ketones is 2. The standard InChI is InChI=1S/C19H22N2O4.C14H14F3N3O6/c1-12-10-15(18(23)16(25-12)11-21(3)4)17(13(2)22)19(24)20-14-8-6-5-7-9-14;1-3-7(21)8-4-6(5-9(25-8)11(18)22)10(12(23)20-19-2)13(24)26-14(15,16)17/h5-10,23H,11H2,1-4H3,(H,20,24);4-5,19H,3H2,1-2H3,(H2,18,22)(H,20,23)/b17-15-;10-6-. The largest absolute Gasteiger partial charge is 0.575 e. The van der Waals surface area contributed by atoms with Crippen LogP contribution in [0.1, 0.15) is 27.2 Å². The van der Waals surface area contributed by atoms with Crippen LogP contribution in [0.5, 0.6) is 0 Å². The normalized spacial score (nSPS) is 16.1. The number of esters is 1. The first-order valence-electron chi connectivity index (χ1n) is 14.8. The highest BCUT2D eigenvalue weighted by atomic mass is 19.4. The van der Waals surface area contributed by atoms with E-state index in [1.165, 1.54) is 27.0 Å². The van der Waals surface area contributed by atoms with Crippen LogP contribution in [0.15, 0.2) is 99.6 Å². The van der Waals surface area contributed by atoms with E-state index in [0.717, 1.165) is 12.2 Å². The minimum absolute atomic E-state index is 0.0871. The van der Waals surface area contributed by atoms with Gasteiger partial charge in [0.05, 0.1) is 12.1 Å². The number of nitrogens with two attached hydrogens (primary N) is 1. The summed E-state index contributed by atoms with van der Waals surface area (Å²) in [6.07, 6.45) is -2.38. The molecule has 18 heteroatoms. The van der Waals surface area contributed by atoms with Crippen LogP contribution in [-0.4, -0.2) is 79.3 Å². The van der Waals surface area contributed by atoms with Gasteiger partial charge in [0.1, 0.15) is 11.3 Å². The van der Waals surface area contributed by atoms with E-state index < -0.39 is 64.3 Å². The number of likely N-dealkylation sites (N-methyl/N-ethyl adjacent to an activating group) is 1. The Morgan fingerprint density at radius 3 is 2.06 bits per heavy atom. The van der Waals surface area contributed by atoms with Gasteiger partial charge in [-0.2, -0.15) is 0 Å². The van der Waals surface area contributed by atoms with E-state index in [0.29, 0.717) is 23.8 Å². The second kappa shape index (κ2) is 18.1. The molecule has 3 rings (SSSR count). The molecule has 1 aromatic rings. The average molecular weight is 720 g/mol. The summed E-state index contributed by atoms with van der Waals surface area (Å²) >= 11 is 0. The number of ether oxygens (including phenoxy) is 3. The number of carbonyl (C=O) groups is 6. The van der Waals surface area contributed by atoms with Gasteiger partial charge in [0, 0.05) is 30.3 Å². The van der Waals surface area contributed by atoms with Crippen LogP contribution in [0.25, 0.3) is 0 Å². The number of alkyl halides is 3. The smallest absolute Gasteiger partial charge is 0.504 e. The first-order chi connectivity index (χ1) is 23.8. The Morgan fingerprint density at radius 1 is 0.941 bits per heavy atom. The Bertz CT molecular complexity index is 1770. The monoisotopic (exact) mass is 719 g/mol. The van der Waals surface area contributed by atoms with E-state index in [4.69, 9.17) is 15.2 Å². The van der Waals surface area contributed by atoms with Gasteiger partial charge in [-0.25, -0.2) is 10.2 Å². The number of amides is 3. The molecule has 0 bridgehead atoms. The van der Waals surface area contributed by atoms with Gasteiger partial charge in [-0.05, 0) is 58.3 Å². The summed E-state index contributed by atoms with van der Waals surface area (Å²) in [5.41, 5.74) is 8.04. The number of allylic oxidation sites excluding steroid dienone is 6. The van der Waals surface area contributed by atoms with Gasteiger partial charge in [0.2, 0.25) is 0 Å². The van der Waals surface area contributed by atoms with Crippen molar-refractivity contribution in [3.8, 4) is 0 Å². The maximum atomic E-state index is 12.6. The lowest BCUT2D eigenvalue weighted by atomic mass is 9.99. The number of carbonyl (C=O) groups excluding carboxylic acids is 6. The number of primary amides is 1. The van der Waals surface area contributed by atoms with E-state index in [9.17, 15) is 47.0 Å². The van der Waals surface area contributed by atoms with E-state index >= 15 is 0 Å². The number of aliphatic hydroxyl groups is 1. The molecule has 0 atom stereocenters. The summed E-state index contributed by atoms with van der Waals surface area (Å²) in [7, 11) is 4.87. The van der Waals surface area contributed by atoms with Gasteiger partial charge in [0.25, 0.3) is 17.7 Å². The van der Waals surface area contributed by atoms with Crippen LogP contribution >= 0.6 is 0 Å². The van der Waals surface area contributed by atoms with Gasteiger partial charge in [-0.1, -0.05) is 25.1 Å². The molecule has 2 aliphatic heterocycles. The molecule has 0 saturated heterocycles. The number of anilines is 1. The van der Waals surface area contributed by atoms with Crippen molar-refractivity contribution in [2.45, 2.75) is 33.6 Å². The summed E-state index contributed by atoms with van der Waals surface area (Å²) in [5, 5.41) is 13.2. The molecule has 0 fully saturated rings. The lowest BCUT2D eigenvalue weighted by Gasteiger charge is -2.22. The molecule has 1 aromatic carbocycles. The van der Waals surface area contributed by atoms with Crippen LogP contribution in [0.4, 0.5) is 18.9 Å². The molecular formula is C33H36F3N5O10. The molecule has 0 saturated carbocycles. The third kappa shape index (κ3) is 12.1. The molecule has 0 aromatic heterocycles. The Balaban J connectivity index is 0.000000354. The van der Waals surface area contributed by atoms with Crippen molar-refractivity contribution in [2.24, 2.45) is 5.73 Å². The molecule has 15 nitrogen and oxygen atoms in total. The number of aliphatic hydroxyl groups excluding tert-OH is 1. The van der Waals surface area contributed by atoms with E-state index in [1.807, 2.05) is 30.5 Å². The summed E-state index contributed by atoms with van der Waals surface area (Å²) in [5.74, 6) is -6.72. The second-order valence-corrected chi connectivity index (χ2v) is 10.7. The predicted molar refractivity (Wildman–Crippen MR) is 174 cm³/mol. The number of hydrazine groups is 1. The van der Waals surface area contributed by atoms with Crippen molar-refractivity contribution in [3.05, 3.63) is 99.6 Å². The molecule has 2 aliphatic rings. The lowest BCUT2D eigenvalue weighted by molar-refractivity contribution is -0.303. The number of rotatable bonds is 11. The van der Waals surface area contributed by atoms with Gasteiger partial charge >= 0.3 is 12.3 Å². The Kier molecular flexibility index (Phi) is 14.6. The van der Waals surface area contributed by atoms with E-state index in [1.54, 1.807) is 31.2 Å². The number of nitrogens with zero attached hydrogens (tertiary/aromatic N) is 1. The quantitative estimate of drug-likeness (QED) is 0.0734.